The molecule has 0 unspecified atom stereocenters. The Labute approximate surface area is 102 Å². The van der Waals surface area contributed by atoms with Crippen molar-refractivity contribution in [2.75, 3.05) is 0 Å². The van der Waals surface area contributed by atoms with Crippen molar-refractivity contribution in [2.45, 2.75) is 33.1 Å². The van der Waals surface area contributed by atoms with Crippen LogP contribution >= 0.6 is 0 Å². The molecule has 0 saturated heterocycles. The second-order valence-electron chi connectivity index (χ2n) is 5.13. The van der Waals surface area contributed by atoms with Gasteiger partial charge in [-0.3, -0.25) is 4.79 Å². The van der Waals surface area contributed by atoms with Crippen LogP contribution in [0.15, 0.2) is 35.5 Å². The first kappa shape index (κ1) is 11.9. The van der Waals surface area contributed by atoms with Crippen molar-refractivity contribution < 1.29 is 4.79 Å². The van der Waals surface area contributed by atoms with Gasteiger partial charge in [0.05, 0.1) is 11.5 Å². The SMILES string of the molecule is C=C(C)[C@@H]1CC=C(C)C2=CC(=O)CC[C@@]21C#N. The fourth-order valence-electron chi connectivity index (χ4n) is 3.07. The smallest absolute Gasteiger partial charge is 0.156 e. The van der Waals surface area contributed by atoms with E-state index < -0.39 is 5.41 Å². The molecule has 88 valence electrons. The Kier molecular flexibility index (Phi) is 2.79. The second-order valence-corrected chi connectivity index (χ2v) is 5.13. The lowest BCUT2D eigenvalue weighted by Gasteiger charge is -2.42. The van der Waals surface area contributed by atoms with Crippen molar-refractivity contribution in [3.8, 4) is 6.07 Å². The summed E-state index contributed by atoms with van der Waals surface area (Å²) in [5, 5.41) is 9.63. The summed E-state index contributed by atoms with van der Waals surface area (Å²) in [6.45, 7) is 7.98. The van der Waals surface area contributed by atoms with Crippen molar-refractivity contribution in [1.82, 2.24) is 0 Å². The van der Waals surface area contributed by atoms with E-state index in [-0.39, 0.29) is 11.7 Å². The number of allylic oxidation sites excluding steroid dienone is 5. The maximum Gasteiger partial charge on any atom is 0.156 e. The minimum absolute atomic E-state index is 0.140. The van der Waals surface area contributed by atoms with Gasteiger partial charge < -0.3 is 0 Å². The van der Waals surface area contributed by atoms with Gasteiger partial charge in [-0.2, -0.15) is 5.26 Å². The molecule has 0 aromatic heterocycles. The van der Waals surface area contributed by atoms with E-state index in [1.807, 2.05) is 13.8 Å². The zero-order valence-electron chi connectivity index (χ0n) is 10.4. The zero-order chi connectivity index (χ0) is 12.6. The summed E-state index contributed by atoms with van der Waals surface area (Å²) in [7, 11) is 0. The Balaban J connectivity index is 2.61. The van der Waals surface area contributed by atoms with Gasteiger partial charge in [-0.25, -0.2) is 0 Å². The van der Waals surface area contributed by atoms with Crippen molar-refractivity contribution in [2.24, 2.45) is 11.3 Å². The zero-order valence-corrected chi connectivity index (χ0v) is 10.4. The number of fused-ring (bicyclic) bond motifs is 1. The molecule has 2 aliphatic carbocycles. The molecule has 0 heterocycles. The number of hydrogen-bond donors (Lipinski definition) is 0. The second kappa shape index (κ2) is 4.00. The number of rotatable bonds is 1. The highest BCUT2D eigenvalue weighted by Crippen LogP contribution is 2.52. The summed E-state index contributed by atoms with van der Waals surface area (Å²) in [4.78, 5) is 11.6. The topological polar surface area (TPSA) is 40.9 Å². The van der Waals surface area contributed by atoms with Gasteiger partial charge in [0.15, 0.2) is 5.78 Å². The minimum Gasteiger partial charge on any atom is -0.295 e. The van der Waals surface area contributed by atoms with Gasteiger partial charge in [0.25, 0.3) is 0 Å². The van der Waals surface area contributed by atoms with E-state index in [1.54, 1.807) is 6.08 Å². The van der Waals surface area contributed by atoms with Crippen LogP contribution in [-0.4, -0.2) is 5.78 Å². The van der Waals surface area contributed by atoms with Crippen LogP contribution in [0.3, 0.4) is 0 Å². The normalized spacial score (nSPS) is 32.1. The molecule has 0 bridgehead atoms. The molecular formula is C15H17NO. The van der Waals surface area contributed by atoms with Crippen LogP contribution in [0.5, 0.6) is 0 Å². The number of hydrogen-bond acceptors (Lipinski definition) is 2. The van der Waals surface area contributed by atoms with E-state index in [9.17, 15) is 10.1 Å². The van der Waals surface area contributed by atoms with Crippen LogP contribution in [0.25, 0.3) is 0 Å². The average Bonchev–Trinajstić information content (AvgIpc) is 2.30. The predicted molar refractivity (Wildman–Crippen MR) is 67.0 cm³/mol. The standard InChI is InChI=1S/C15H17NO/c1-10(2)13-5-4-11(3)14-8-12(17)6-7-15(13,14)9-16/h4,8,13H,1,5-7H2,2-3H3/t13-,15-/m0/s1. The average molecular weight is 227 g/mol. The molecule has 2 aliphatic rings. The van der Waals surface area contributed by atoms with E-state index in [1.165, 1.54) is 0 Å². The monoisotopic (exact) mass is 227 g/mol. The predicted octanol–water partition coefficient (Wildman–Crippen LogP) is 3.33. The van der Waals surface area contributed by atoms with Gasteiger partial charge in [-0.1, -0.05) is 23.8 Å². The van der Waals surface area contributed by atoms with Gasteiger partial charge in [0.1, 0.15) is 0 Å². The molecule has 0 radical (unpaired) electrons. The largest absolute Gasteiger partial charge is 0.295 e. The fourth-order valence-corrected chi connectivity index (χ4v) is 3.07. The molecule has 0 saturated carbocycles. The lowest BCUT2D eigenvalue weighted by molar-refractivity contribution is -0.115. The molecule has 0 spiro atoms. The molecule has 0 N–H and O–H groups in total. The third kappa shape index (κ3) is 1.67. The minimum atomic E-state index is -0.515. The number of nitrogens with zero attached hydrogens (tertiary/aromatic N) is 1. The van der Waals surface area contributed by atoms with Gasteiger partial charge in [-0.05, 0) is 38.3 Å². The van der Waals surface area contributed by atoms with Gasteiger partial charge >= 0.3 is 0 Å². The van der Waals surface area contributed by atoms with Gasteiger partial charge in [0, 0.05) is 12.3 Å². The maximum absolute atomic E-state index is 11.6. The van der Waals surface area contributed by atoms with E-state index in [0.29, 0.717) is 12.8 Å². The van der Waals surface area contributed by atoms with E-state index in [0.717, 1.165) is 23.1 Å². The fraction of sp³-hybridized carbons (Fsp3) is 0.467. The summed E-state index contributed by atoms with van der Waals surface area (Å²) < 4.78 is 0. The highest BCUT2D eigenvalue weighted by molar-refractivity contribution is 5.93. The summed E-state index contributed by atoms with van der Waals surface area (Å²) in [6, 6.07) is 2.48. The molecule has 2 heteroatoms. The summed E-state index contributed by atoms with van der Waals surface area (Å²) in [5.41, 5.74) is 2.53. The Morgan fingerprint density at radius 3 is 2.94 bits per heavy atom. The number of nitriles is 1. The van der Waals surface area contributed by atoms with Crippen molar-refractivity contribution in [3.63, 3.8) is 0 Å². The lowest BCUT2D eigenvalue weighted by Crippen LogP contribution is -2.38. The summed E-state index contributed by atoms with van der Waals surface area (Å²) >= 11 is 0. The summed E-state index contributed by atoms with van der Waals surface area (Å²) in [5.74, 6) is 0.288. The van der Waals surface area contributed by atoms with Crippen molar-refractivity contribution in [3.05, 3.63) is 35.5 Å². The van der Waals surface area contributed by atoms with Crippen LogP contribution in [0.4, 0.5) is 0 Å². The first-order valence-electron chi connectivity index (χ1n) is 6.00. The Morgan fingerprint density at radius 1 is 1.65 bits per heavy atom. The van der Waals surface area contributed by atoms with E-state index in [4.69, 9.17) is 0 Å². The Bertz CT molecular complexity index is 490. The first-order valence-corrected chi connectivity index (χ1v) is 6.00. The third-order valence-electron chi connectivity index (χ3n) is 4.03. The van der Waals surface area contributed by atoms with E-state index in [2.05, 4.69) is 18.7 Å². The molecular weight excluding hydrogens is 210 g/mol. The Morgan fingerprint density at radius 2 is 2.35 bits per heavy atom. The molecule has 0 aromatic carbocycles. The quantitative estimate of drug-likeness (QED) is 0.645. The molecule has 2 nitrogen and oxygen atoms in total. The highest BCUT2D eigenvalue weighted by Gasteiger charge is 2.47. The molecule has 17 heavy (non-hydrogen) atoms. The van der Waals surface area contributed by atoms with Gasteiger partial charge in [0.2, 0.25) is 0 Å². The van der Waals surface area contributed by atoms with Crippen molar-refractivity contribution >= 4 is 5.78 Å². The van der Waals surface area contributed by atoms with Crippen LogP contribution in [0, 0.1) is 22.7 Å². The number of carbonyl (C=O) groups is 1. The molecule has 0 fully saturated rings. The maximum atomic E-state index is 11.6. The molecule has 0 aromatic rings. The molecule has 2 atom stereocenters. The van der Waals surface area contributed by atoms with Crippen LogP contribution in [0.1, 0.15) is 33.1 Å². The van der Waals surface area contributed by atoms with Crippen LogP contribution < -0.4 is 0 Å². The number of ketones is 1. The number of carbonyl (C=O) groups excluding carboxylic acids is 1. The Hall–Kier alpha value is -1.62. The molecule has 0 amide bonds. The van der Waals surface area contributed by atoms with Gasteiger partial charge in [-0.15, -0.1) is 0 Å². The first-order chi connectivity index (χ1) is 8.01. The molecule has 0 aliphatic heterocycles. The molecule has 2 rings (SSSR count). The third-order valence-corrected chi connectivity index (χ3v) is 4.03. The lowest BCUT2D eigenvalue weighted by atomic mass is 9.58. The van der Waals surface area contributed by atoms with E-state index >= 15 is 0 Å². The van der Waals surface area contributed by atoms with Crippen molar-refractivity contribution in [1.29, 1.82) is 5.26 Å². The van der Waals surface area contributed by atoms with Crippen LogP contribution in [0.2, 0.25) is 0 Å². The van der Waals surface area contributed by atoms with Crippen LogP contribution in [-0.2, 0) is 4.79 Å². The summed E-state index contributed by atoms with van der Waals surface area (Å²) in [6.07, 6.45) is 5.78. The highest BCUT2D eigenvalue weighted by atomic mass is 16.1.